The lowest BCUT2D eigenvalue weighted by Crippen LogP contribution is -1.96. The molecule has 3 aromatic rings. The summed E-state index contributed by atoms with van der Waals surface area (Å²) in [5, 5.41) is 3.59. The Morgan fingerprint density at radius 3 is 2.55 bits per heavy atom. The van der Waals surface area contributed by atoms with E-state index in [9.17, 15) is 0 Å². The van der Waals surface area contributed by atoms with E-state index in [0.717, 1.165) is 0 Å². The number of thiophene rings is 1. The minimum absolute atomic E-state index is 0.241. The van der Waals surface area contributed by atoms with Crippen LogP contribution < -0.4 is 0 Å². The molecular formula is C17H14Br2S. The molecule has 0 amide bonds. The second-order valence-corrected chi connectivity index (χ2v) is 7.61. The van der Waals surface area contributed by atoms with Crippen LogP contribution in [0.1, 0.15) is 27.1 Å². The van der Waals surface area contributed by atoms with Crippen LogP contribution in [-0.4, -0.2) is 0 Å². The molecule has 3 rings (SSSR count). The van der Waals surface area contributed by atoms with Crippen molar-refractivity contribution in [2.75, 3.05) is 0 Å². The van der Waals surface area contributed by atoms with Crippen LogP contribution in [0.2, 0.25) is 0 Å². The molecule has 1 aromatic heterocycles. The van der Waals surface area contributed by atoms with Gasteiger partial charge in [0.1, 0.15) is 0 Å². The molecule has 0 bridgehead atoms. The lowest BCUT2D eigenvalue weighted by atomic mass is 9.97. The molecule has 0 saturated heterocycles. The molecule has 0 N–H and O–H groups in total. The molecule has 0 fully saturated rings. The molecule has 1 unspecified atom stereocenters. The number of hydrogen-bond acceptors (Lipinski definition) is 1. The van der Waals surface area contributed by atoms with Gasteiger partial charge >= 0.3 is 0 Å². The van der Waals surface area contributed by atoms with Crippen molar-refractivity contribution in [2.45, 2.75) is 18.7 Å². The number of halogens is 2. The molecule has 2 aromatic carbocycles. The van der Waals surface area contributed by atoms with Gasteiger partial charge in [-0.05, 0) is 68.9 Å². The summed E-state index contributed by atoms with van der Waals surface area (Å²) in [4.78, 5) is 0.241. The van der Waals surface area contributed by atoms with Gasteiger partial charge in [-0.3, -0.25) is 0 Å². The predicted molar refractivity (Wildman–Crippen MR) is 96.2 cm³/mol. The Balaban J connectivity index is 2.16. The largest absolute Gasteiger partial charge is 0.142 e. The average Bonchev–Trinajstić information content (AvgIpc) is 2.86. The number of hydrogen-bond donors (Lipinski definition) is 0. The molecule has 1 atom stereocenters. The molecule has 0 saturated carbocycles. The third-order valence-corrected chi connectivity index (χ3v) is 6.73. The van der Waals surface area contributed by atoms with Gasteiger partial charge in [0.2, 0.25) is 0 Å². The van der Waals surface area contributed by atoms with Crippen LogP contribution >= 0.6 is 43.2 Å². The third kappa shape index (κ3) is 2.36. The van der Waals surface area contributed by atoms with E-state index in [1.165, 1.54) is 36.8 Å². The van der Waals surface area contributed by atoms with Crippen molar-refractivity contribution in [1.82, 2.24) is 0 Å². The summed E-state index contributed by atoms with van der Waals surface area (Å²) >= 11 is 9.33. The Morgan fingerprint density at radius 2 is 1.75 bits per heavy atom. The summed E-state index contributed by atoms with van der Waals surface area (Å²) in [6.07, 6.45) is 0. The van der Waals surface area contributed by atoms with E-state index in [1.807, 2.05) is 0 Å². The van der Waals surface area contributed by atoms with Crippen molar-refractivity contribution in [3.63, 3.8) is 0 Å². The summed E-state index contributed by atoms with van der Waals surface area (Å²) in [5.74, 6) is 0. The van der Waals surface area contributed by atoms with E-state index in [0.29, 0.717) is 0 Å². The highest BCUT2D eigenvalue weighted by Gasteiger charge is 2.18. The monoisotopic (exact) mass is 408 g/mol. The van der Waals surface area contributed by atoms with Crippen LogP contribution in [0.3, 0.4) is 0 Å². The van der Waals surface area contributed by atoms with Gasteiger partial charge in [0.15, 0.2) is 0 Å². The van der Waals surface area contributed by atoms with Gasteiger partial charge in [-0.1, -0.05) is 46.3 Å². The van der Waals surface area contributed by atoms with Crippen molar-refractivity contribution in [3.05, 3.63) is 68.5 Å². The summed E-state index contributed by atoms with van der Waals surface area (Å²) in [6, 6.07) is 12.9. The molecule has 0 aliphatic carbocycles. The van der Waals surface area contributed by atoms with E-state index in [4.69, 9.17) is 0 Å². The Bertz CT molecular complexity index is 774. The Hall–Kier alpha value is -0.640. The van der Waals surface area contributed by atoms with E-state index in [-0.39, 0.29) is 4.83 Å². The van der Waals surface area contributed by atoms with E-state index in [1.54, 1.807) is 11.3 Å². The molecule has 0 aliphatic rings. The van der Waals surface area contributed by atoms with Gasteiger partial charge in [-0.25, -0.2) is 0 Å². The van der Waals surface area contributed by atoms with Gasteiger partial charge in [0.25, 0.3) is 0 Å². The maximum Gasteiger partial charge on any atom is 0.0661 e. The third-order valence-electron chi connectivity index (χ3n) is 3.77. The maximum atomic E-state index is 3.90. The lowest BCUT2D eigenvalue weighted by molar-refractivity contribution is 1.14. The highest BCUT2D eigenvalue weighted by molar-refractivity contribution is 9.10. The predicted octanol–water partition coefficient (Wildman–Crippen LogP) is 6.76. The topological polar surface area (TPSA) is 0 Å². The first kappa shape index (κ1) is 14.3. The molecule has 1 heterocycles. The fourth-order valence-corrected chi connectivity index (χ4v) is 5.15. The van der Waals surface area contributed by atoms with Crippen LogP contribution in [0.5, 0.6) is 0 Å². The molecule has 0 aliphatic heterocycles. The molecule has 0 nitrogen and oxygen atoms in total. The van der Waals surface area contributed by atoms with Crippen molar-refractivity contribution in [1.29, 1.82) is 0 Å². The molecule has 0 radical (unpaired) electrons. The summed E-state index contributed by atoms with van der Waals surface area (Å²) < 4.78 is 2.49. The summed E-state index contributed by atoms with van der Waals surface area (Å²) in [7, 11) is 0. The number of fused-ring (bicyclic) bond motifs is 1. The first-order valence-corrected chi connectivity index (χ1v) is 9.04. The van der Waals surface area contributed by atoms with Crippen molar-refractivity contribution in [3.8, 4) is 0 Å². The fourth-order valence-electron chi connectivity index (χ4n) is 2.45. The Labute approximate surface area is 140 Å². The van der Waals surface area contributed by atoms with Gasteiger partial charge < -0.3 is 0 Å². The van der Waals surface area contributed by atoms with Gasteiger partial charge in [-0.2, -0.15) is 0 Å². The Morgan fingerprint density at radius 1 is 1.00 bits per heavy atom. The zero-order valence-corrected chi connectivity index (χ0v) is 15.3. The zero-order chi connectivity index (χ0) is 14.3. The number of aryl methyl sites for hydroxylation is 1. The standard InChI is InChI=1S/C17H14Br2S/c1-10-5-3-6-12(11(10)2)16(19)14-9-20-17-13(14)7-4-8-15(17)18/h3-9,16H,1-2H3. The molecule has 20 heavy (non-hydrogen) atoms. The molecule has 0 spiro atoms. The average molecular weight is 410 g/mol. The second kappa shape index (κ2) is 5.63. The van der Waals surface area contributed by atoms with Gasteiger partial charge in [-0.15, -0.1) is 11.3 Å². The van der Waals surface area contributed by atoms with Crippen molar-refractivity contribution >= 4 is 53.3 Å². The molecule has 3 heteroatoms. The Kier molecular flexibility index (Phi) is 4.02. The molecule has 102 valence electrons. The number of alkyl halides is 1. The van der Waals surface area contributed by atoms with E-state index < -0.39 is 0 Å². The quantitative estimate of drug-likeness (QED) is 0.410. The van der Waals surface area contributed by atoms with Gasteiger partial charge in [0.05, 0.1) is 4.83 Å². The number of benzene rings is 2. The van der Waals surface area contributed by atoms with Crippen LogP contribution in [0, 0.1) is 13.8 Å². The van der Waals surface area contributed by atoms with Crippen molar-refractivity contribution < 1.29 is 0 Å². The van der Waals surface area contributed by atoms with Crippen LogP contribution in [0.15, 0.2) is 46.3 Å². The highest BCUT2D eigenvalue weighted by atomic mass is 79.9. The number of rotatable bonds is 2. The normalized spacial score (nSPS) is 12.8. The van der Waals surface area contributed by atoms with Crippen LogP contribution in [0.25, 0.3) is 10.1 Å². The van der Waals surface area contributed by atoms with Gasteiger partial charge in [0, 0.05) is 9.17 Å². The van der Waals surface area contributed by atoms with E-state index in [2.05, 4.69) is 87.5 Å². The second-order valence-electron chi connectivity index (χ2n) is 4.96. The van der Waals surface area contributed by atoms with Crippen molar-refractivity contribution in [2.24, 2.45) is 0 Å². The fraction of sp³-hybridized carbons (Fsp3) is 0.176. The zero-order valence-electron chi connectivity index (χ0n) is 11.3. The summed E-state index contributed by atoms with van der Waals surface area (Å²) in [5.41, 5.74) is 5.40. The summed E-state index contributed by atoms with van der Waals surface area (Å²) in [6.45, 7) is 4.37. The lowest BCUT2D eigenvalue weighted by Gasteiger charge is -2.14. The maximum absolute atomic E-state index is 3.90. The highest BCUT2D eigenvalue weighted by Crippen LogP contribution is 2.42. The minimum Gasteiger partial charge on any atom is -0.142 e. The van der Waals surface area contributed by atoms with Crippen LogP contribution in [0.4, 0.5) is 0 Å². The van der Waals surface area contributed by atoms with Crippen LogP contribution in [-0.2, 0) is 0 Å². The SMILES string of the molecule is Cc1cccc(C(Br)c2csc3c(Br)cccc23)c1C. The molecular weight excluding hydrogens is 396 g/mol. The first-order valence-electron chi connectivity index (χ1n) is 6.45. The van der Waals surface area contributed by atoms with E-state index >= 15 is 0 Å². The smallest absolute Gasteiger partial charge is 0.0661 e. The minimum atomic E-state index is 0.241. The first-order chi connectivity index (χ1) is 9.59.